The number of hydrogen-bond acceptors (Lipinski definition) is 7. The third kappa shape index (κ3) is 6.94. The van der Waals surface area contributed by atoms with Crippen molar-refractivity contribution in [3.63, 3.8) is 0 Å². The molecule has 1 fully saturated rings. The number of oxime groups is 1. The van der Waals surface area contributed by atoms with E-state index in [1.54, 1.807) is 0 Å². The van der Waals surface area contributed by atoms with E-state index in [-0.39, 0.29) is 12.4 Å². The van der Waals surface area contributed by atoms with Gasteiger partial charge in [-0.15, -0.1) is 0 Å². The van der Waals surface area contributed by atoms with Crippen molar-refractivity contribution < 1.29 is 23.5 Å². The number of benzene rings is 2. The number of carbonyl (C=O) groups excluding carboxylic acids is 1. The van der Waals surface area contributed by atoms with Crippen LogP contribution in [0.2, 0.25) is 0 Å². The summed E-state index contributed by atoms with van der Waals surface area (Å²) in [5.41, 5.74) is 3.52. The molecule has 1 aliphatic rings. The summed E-state index contributed by atoms with van der Waals surface area (Å²) in [5.74, 6) is 2.48. The molecule has 0 N–H and O–H groups in total. The highest BCUT2D eigenvalue weighted by atomic mass is 16.6. The summed E-state index contributed by atoms with van der Waals surface area (Å²) in [4.78, 5) is 21.8. The van der Waals surface area contributed by atoms with Crippen molar-refractivity contribution in [1.82, 2.24) is 4.98 Å². The van der Waals surface area contributed by atoms with Gasteiger partial charge < -0.3 is 18.7 Å². The summed E-state index contributed by atoms with van der Waals surface area (Å²) in [6, 6.07) is 17.6. The molecule has 7 nitrogen and oxygen atoms in total. The molecule has 34 heavy (non-hydrogen) atoms. The molecule has 1 aliphatic carbocycles. The average molecular weight is 463 g/mol. The molecule has 1 saturated carbocycles. The summed E-state index contributed by atoms with van der Waals surface area (Å²) in [7, 11) is 1.38. The van der Waals surface area contributed by atoms with E-state index in [2.05, 4.69) is 10.1 Å². The zero-order valence-corrected chi connectivity index (χ0v) is 19.7. The number of aryl methyl sites for hydroxylation is 1. The molecule has 0 radical (unpaired) electrons. The second-order valence-electron chi connectivity index (χ2n) is 8.46. The van der Waals surface area contributed by atoms with Crippen molar-refractivity contribution in [2.75, 3.05) is 20.3 Å². The Labute approximate surface area is 199 Å². The van der Waals surface area contributed by atoms with Crippen LogP contribution in [0, 0.1) is 12.8 Å². The molecule has 0 bridgehead atoms. The third-order valence-corrected chi connectivity index (χ3v) is 5.63. The van der Waals surface area contributed by atoms with Crippen LogP contribution in [0.1, 0.15) is 36.3 Å². The standard InChI is InChI=1S/C27H30N2O5/c1-19-25(28-27(34-19)22-6-4-3-5-7-22)14-15-32-24-12-10-20(11-13-24)16-23(17-26(30)31-2)29-33-18-21-8-9-21/h3-7,10-13,21H,8-9,14-18H2,1-2H3. The highest BCUT2D eigenvalue weighted by Crippen LogP contribution is 2.29. The average Bonchev–Trinajstić information content (AvgIpc) is 3.61. The molecular formula is C27H30N2O5. The Kier molecular flexibility index (Phi) is 7.96. The van der Waals surface area contributed by atoms with Crippen LogP contribution >= 0.6 is 0 Å². The Morgan fingerprint density at radius 3 is 2.59 bits per heavy atom. The minimum atomic E-state index is -0.327. The Morgan fingerprint density at radius 2 is 1.88 bits per heavy atom. The summed E-state index contributed by atoms with van der Waals surface area (Å²) in [6.45, 7) is 3.02. The SMILES string of the molecule is COC(=O)CC(Cc1ccc(OCCc2nc(-c3ccccc3)oc2C)cc1)=NOCC1CC1. The fourth-order valence-electron chi connectivity index (χ4n) is 3.45. The molecule has 3 aromatic rings. The van der Waals surface area contributed by atoms with E-state index in [1.807, 2.05) is 61.5 Å². The minimum Gasteiger partial charge on any atom is -0.493 e. The van der Waals surface area contributed by atoms with Crippen LogP contribution in [0.15, 0.2) is 64.2 Å². The molecular weight excluding hydrogens is 432 g/mol. The zero-order valence-electron chi connectivity index (χ0n) is 19.7. The van der Waals surface area contributed by atoms with Crippen molar-refractivity contribution in [2.45, 2.75) is 39.0 Å². The molecule has 0 unspecified atom stereocenters. The number of methoxy groups -OCH3 is 1. The van der Waals surface area contributed by atoms with Crippen LogP contribution in [-0.4, -0.2) is 37.0 Å². The van der Waals surface area contributed by atoms with E-state index in [0.717, 1.165) is 28.3 Å². The highest BCUT2D eigenvalue weighted by Gasteiger charge is 2.22. The Bertz CT molecular complexity index is 1100. The maximum absolute atomic E-state index is 11.7. The van der Waals surface area contributed by atoms with Gasteiger partial charge in [0.1, 0.15) is 18.1 Å². The van der Waals surface area contributed by atoms with Crippen molar-refractivity contribution in [3.8, 4) is 17.2 Å². The van der Waals surface area contributed by atoms with Gasteiger partial charge >= 0.3 is 5.97 Å². The molecule has 178 valence electrons. The van der Waals surface area contributed by atoms with Crippen molar-refractivity contribution >= 4 is 11.7 Å². The molecule has 0 amide bonds. The van der Waals surface area contributed by atoms with Gasteiger partial charge in [0.15, 0.2) is 0 Å². The molecule has 4 rings (SSSR count). The second kappa shape index (κ2) is 11.5. The molecule has 1 heterocycles. The Morgan fingerprint density at radius 1 is 1.12 bits per heavy atom. The summed E-state index contributed by atoms with van der Waals surface area (Å²) in [5, 5.41) is 4.19. The van der Waals surface area contributed by atoms with Gasteiger partial charge in [0.05, 0.1) is 31.5 Å². The topological polar surface area (TPSA) is 83.2 Å². The van der Waals surface area contributed by atoms with Crippen LogP contribution in [0.25, 0.3) is 11.5 Å². The van der Waals surface area contributed by atoms with Gasteiger partial charge in [0.25, 0.3) is 0 Å². The van der Waals surface area contributed by atoms with Crippen molar-refractivity contribution in [1.29, 1.82) is 0 Å². The first-order chi connectivity index (χ1) is 16.6. The summed E-state index contributed by atoms with van der Waals surface area (Å²) < 4.78 is 16.5. The van der Waals surface area contributed by atoms with Gasteiger partial charge in [0.2, 0.25) is 5.89 Å². The monoisotopic (exact) mass is 462 g/mol. The predicted molar refractivity (Wildman–Crippen MR) is 129 cm³/mol. The van der Waals surface area contributed by atoms with E-state index < -0.39 is 0 Å². The van der Waals surface area contributed by atoms with Crippen LogP contribution < -0.4 is 4.74 Å². The van der Waals surface area contributed by atoms with Gasteiger partial charge in [-0.1, -0.05) is 35.5 Å². The molecule has 0 atom stereocenters. The van der Waals surface area contributed by atoms with Crippen LogP contribution in [0.5, 0.6) is 5.75 Å². The molecule has 1 aromatic heterocycles. The first kappa shape index (κ1) is 23.5. The number of ether oxygens (including phenoxy) is 2. The number of hydrogen-bond donors (Lipinski definition) is 0. The summed E-state index contributed by atoms with van der Waals surface area (Å²) in [6.07, 6.45) is 3.65. The molecule has 0 spiro atoms. The normalized spacial score (nSPS) is 13.5. The highest BCUT2D eigenvalue weighted by molar-refractivity contribution is 5.99. The van der Waals surface area contributed by atoms with Crippen LogP contribution in [-0.2, 0) is 27.2 Å². The lowest BCUT2D eigenvalue weighted by molar-refractivity contribution is -0.139. The Hall–Kier alpha value is -3.61. The quantitative estimate of drug-likeness (QED) is 0.210. The van der Waals surface area contributed by atoms with Crippen molar-refractivity contribution in [2.24, 2.45) is 11.1 Å². The predicted octanol–water partition coefficient (Wildman–Crippen LogP) is 5.16. The van der Waals surface area contributed by atoms with Gasteiger partial charge in [-0.05, 0) is 55.5 Å². The fourth-order valence-corrected chi connectivity index (χ4v) is 3.45. The fraction of sp³-hybridized carbons (Fsp3) is 0.370. The van der Waals surface area contributed by atoms with Crippen LogP contribution in [0.4, 0.5) is 0 Å². The van der Waals surface area contributed by atoms with Gasteiger partial charge in [-0.2, -0.15) is 0 Å². The minimum absolute atomic E-state index is 0.113. The van der Waals surface area contributed by atoms with Gasteiger partial charge in [0, 0.05) is 18.4 Å². The number of oxazole rings is 1. The van der Waals surface area contributed by atoms with Gasteiger partial charge in [-0.3, -0.25) is 4.79 Å². The number of esters is 1. The third-order valence-electron chi connectivity index (χ3n) is 5.63. The maximum Gasteiger partial charge on any atom is 0.311 e. The summed E-state index contributed by atoms with van der Waals surface area (Å²) >= 11 is 0. The zero-order chi connectivity index (χ0) is 23.8. The maximum atomic E-state index is 11.7. The lowest BCUT2D eigenvalue weighted by Gasteiger charge is -2.08. The van der Waals surface area contributed by atoms with Crippen LogP contribution in [0.3, 0.4) is 0 Å². The lowest BCUT2D eigenvalue weighted by Crippen LogP contribution is -2.13. The second-order valence-corrected chi connectivity index (χ2v) is 8.46. The van der Waals surface area contributed by atoms with E-state index >= 15 is 0 Å². The smallest absolute Gasteiger partial charge is 0.311 e. The van der Waals surface area contributed by atoms with E-state index in [4.69, 9.17) is 18.7 Å². The molecule has 7 heteroatoms. The van der Waals surface area contributed by atoms with Gasteiger partial charge in [-0.25, -0.2) is 4.98 Å². The number of rotatable bonds is 12. The van der Waals surface area contributed by atoms with E-state index in [0.29, 0.717) is 43.6 Å². The lowest BCUT2D eigenvalue weighted by atomic mass is 10.1. The Balaban J connectivity index is 1.29. The molecule has 0 saturated heterocycles. The first-order valence-corrected chi connectivity index (χ1v) is 11.6. The number of carbonyl (C=O) groups is 1. The number of aromatic nitrogens is 1. The van der Waals surface area contributed by atoms with E-state index in [9.17, 15) is 4.79 Å². The number of nitrogens with zero attached hydrogens (tertiary/aromatic N) is 2. The largest absolute Gasteiger partial charge is 0.493 e. The van der Waals surface area contributed by atoms with Crippen molar-refractivity contribution in [3.05, 3.63) is 71.6 Å². The molecule has 2 aromatic carbocycles. The first-order valence-electron chi connectivity index (χ1n) is 11.6. The van der Waals surface area contributed by atoms with E-state index in [1.165, 1.54) is 20.0 Å². The molecule has 0 aliphatic heterocycles.